The first-order valence-electron chi connectivity index (χ1n) is 6.85. The predicted molar refractivity (Wildman–Crippen MR) is 84.2 cm³/mol. The lowest BCUT2D eigenvalue weighted by Gasteiger charge is -2.34. The molecule has 5 nitrogen and oxygen atoms in total. The minimum atomic E-state index is -0.584. The van der Waals surface area contributed by atoms with Gasteiger partial charge in [0, 0.05) is 37.7 Å². The Kier molecular flexibility index (Phi) is 4.26. The standard InChI is InChI=1S/C14H14ClFN4OS/c1-9-17-14(22-18-9)20-7-5-19(6-8-20)13(21)12-10(15)3-2-4-11(12)16/h2-4H,5-8H2,1H3. The molecule has 0 unspecified atom stereocenters. The number of nitrogens with zero attached hydrogens (tertiary/aromatic N) is 4. The van der Waals surface area contributed by atoms with Crippen molar-refractivity contribution < 1.29 is 9.18 Å². The van der Waals surface area contributed by atoms with E-state index in [-0.39, 0.29) is 16.5 Å². The molecule has 2 aromatic rings. The van der Waals surface area contributed by atoms with Crippen molar-refractivity contribution in [1.29, 1.82) is 0 Å². The highest BCUT2D eigenvalue weighted by Gasteiger charge is 2.26. The van der Waals surface area contributed by atoms with Crippen molar-refractivity contribution in [2.75, 3.05) is 31.1 Å². The van der Waals surface area contributed by atoms with Crippen LogP contribution in [0.3, 0.4) is 0 Å². The number of anilines is 1. The molecule has 116 valence electrons. The Morgan fingerprint density at radius 3 is 2.64 bits per heavy atom. The molecule has 8 heteroatoms. The summed E-state index contributed by atoms with van der Waals surface area (Å²) in [5.74, 6) is -0.201. The minimum Gasteiger partial charge on any atom is -0.343 e. The highest BCUT2D eigenvalue weighted by atomic mass is 35.5. The molecule has 0 saturated carbocycles. The second-order valence-corrected chi connectivity index (χ2v) is 6.14. The van der Waals surface area contributed by atoms with Crippen molar-refractivity contribution in [1.82, 2.24) is 14.3 Å². The molecular formula is C14H14ClFN4OS. The summed E-state index contributed by atoms with van der Waals surface area (Å²) in [7, 11) is 0. The third kappa shape index (κ3) is 2.91. The van der Waals surface area contributed by atoms with Gasteiger partial charge in [0.1, 0.15) is 11.6 Å². The predicted octanol–water partition coefficient (Wildman–Crippen LogP) is 2.60. The van der Waals surface area contributed by atoms with Crippen LogP contribution in [-0.2, 0) is 0 Å². The summed E-state index contributed by atoms with van der Waals surface area (Å²) in [6, 6.07) is 4.27. The van der Waals surface area contributed by atoms with Crippen LogP contribution in [0.15, 0.2) is 18.2 Å². The first-order chi connectivity index (χ1) is 10.6. The van der Waals surface area contributed by atoms with E-state index in [2.05, 4.69) is 14.3 Å². The van der Waals surface area contributed by atoms with Gasteiger partial charge in [0.05, 0.1) is 10.6 Å². The lowest BCUT2D eigenvalue weighted by Crippen LogP contribution is -2.49. The number of piperazine rings is 1. The van der Waals surface area contributed by atoms with Crippen molar-refractivity contribution in [3.63, 3.8) is 0 Å². The Bertz CT molecular complexity index is 680. The molecule has 3 rings (SSSR count). The summed E-state index contributed by atoms with van der Waals surface area (Å²) >= 11 is 7.30. The van der Waals surface area contributed by atoms with E-state index >= 15 is 0 Å². The van der Waals surface area contributed by atoms with Crippen LogP contribution in [0.25, 0.3) is 0 Å². The fourth-order valence-electron chi connectivity index (χ4n) is 2.38. The summed E-state index contributed by atoms with van der Waals surface area (Å²) in [6.45, 7) is 4.14. The SMILES string of the molecule is Cc1nsc(N2CCN(C(=O)c3c(F)cccc3Cl)CC2)n1. The van der Waals surface area contributed by atoms with Crippen molar-refractivity contribution in [3.05, 3.63) is 40.4 Å². The average Bonchev–Trinajstić information content (AvgIpc) is 2.94. The summed E-state index contributed by atoms with van der Waals surface area (Å²) in [5, 5.41) is 1.00. The molecule has 1 aromatic carbocycles. The number of halogens is 2. The van der Waals surface area contributed by atoms with Crippen LogP contribution in [-0.4, -0.2) is 46.3 Å². The molecule has 1 fully saturated rings. The van der Waals surface area contributed by atoms with Gasteiger partial charge in [0.25, 0.3) is 5.91 Å². The van der Waals surface area contributed by atoms with Crippen LogP contribution >= 0.6 is 23.1 Å². The molecule has 0 radical (unpaired) electrons. The summed E-state index contributed by atoms with van der Waals surface area (Å²) < 4.78 is 18.0. The van der Waals surface area contributed by atoms with Crippen LogP contribution in [0, 0.1) is 12.7 Å². The molecule has 0 atom stereocenters. The average molecular weight is 341 g/mol. The molecule has 0 N–H and O–H groups in total. The molecule has 1 amide bonds. The first kappa shape index (κ1) is 15.2. The maximum absolute atomic E-state index is 13.8. The molecule has 1 aliphatic rings. The highest BCUT2D eigenvalue weighted by molar-refractivity contribution is 7.09. The van der Waals surface area contributed by atoms with Crippen LogP contribution in [0.1, 0.15) is 16.2 Å². The van der Waals surface area contributed by atoms with E-state index in [9.17, 15) is 9.18 Å². The topological polar surface area (TPSA) is 49.3 Å². The Labute approximate surface area is 136 Å². The zero-order valence-electron chi connectivity index (χ0n) is 11.9. The van der Waals surface area contributed by atoms with Crippen LogP contribution in [0.2, 0.25) is 5.02 Å². The summed E-state index contributed by atoms with van der Waals surface area (Å²) in [6.07, 6.45) is 0. The van der Waals surface area contributed by atoms with E-state index in [0.29, 0.717) is 26.2 Å². The molecule has 1 aromatic heterocycles. The van der Waals surface area contributed by atoms with Gasteiger partial charge in [-0.2, -0.15) is 4.37 Å². The van der Waals surface area contributed by atoms with Gasteiger partial charge in [-0.05, 0) is 19.1 Å². The van der Waals surface area contributed by atoms with Gasteiger partial charge in [-0.1, -0.05) is 17.7 Å². The second-order valence-electron chi connectivity index (χ2n) is 5.00. The number of aromatic nitrogens is 2. The van der Waals surface area contributed by atoms with Gasteiger partial charge >= 0.3 is 0 Å². The minimum absolute atomic E-state index is 0.0515. The zero-order valence-corrected chi connectivity index (χ0v) is 13.5. The van der Waals surface area contributed by atoms with E-state index in [1.54, 1.807) is 4.90 Å². The molecular weight excluding hydrogens is 327 g/mol. The van der Waals surface area contributed by atoms with Crippen molar-refractivity contribution in [2.24, 2.45) is 0 Å². The lowest BCUT2D eigenvalue weighted by molar-refractivity contribution is 0.0742. The molecule has 1 aliphatic heterocycles. The fraction of sp³-hybridized carbons (Fsp3) is 0.357. The number of rotatable bonds is 2. The maximum Gasteiger partial charge on any atom is 0.258 e. The Morgan fingerprint density at radius 2 is 2.05 bits per heavy atom. The van der Waals surface area contributed by atoms with E-state index in [0.717, 1.165) is 11.0 Å². The van der Waals surface area contributed by atoms with Crippen molar-refractivity contribution in [3.8, 4) is 0 Å². The molecule has 0 aliphatic carbocycles. The van der Waals surface area contributed by atoms with E-state index in [4.69, 9.17) is 11.6 Å². The van der Waals surface area contributed by atoms with E-state index in [1.165, 1.54) is 29.7 Å². The third-order valence-electron chi connectivity index (χ3n) is 3.53. The van der Waals surface area contributed by atoms with E-state index in [1.807, 2.05) is 6.92 Å². The van der Waals surface area contributed by atoms with Crippen molar-refractivity contribution >= 4 is 34.2 Å². The lowest BCUT2D eigenvalue weighted by atomic mass is 10.1. The van der Waals surface area contributed by atoms with Gasteiger partial charge in [0.2, 0.25) is 5.13 Å². The van der Waals surface area contributed by atoms with Gasteiger partial charge in [-0.3, -0.25) is 4.79 Å². The smallest absolute Gasteiger partial charge is 0.258 e. The van der Waals surface area contributed by atoms with Crippen LogP contribution in [0.4, 0.5) is 9.52 Å². The Morgan fingerprint density at radius 1 is 1.32 bits per heavy atom. The van der Waals surface area contributed by atoms with Crippen LogP contribution < -0.4 is 4.90 Å². The van der Waals surface area contributed by atoms with Crippen LogP contribution in [0.5, 0.6) is 0 Å². The molecule has 0 spiro atoms. The number of amides is 1. The third-order valence-corrected chi connectivity index (χ3v) is 4.71. The molecule has 1 saturated heterocycles. The second kappa shape index (κ2) is 6.18. The van der Waals surface area contributed by atoms with E-state index < -0.39 is 5.82 Å². The van der Waals surface area contributed by atoms with Gasteiger partial charge in [-0.15, -0.1) is 0 Å². The zero-order chi connectivity index (χ0) is 15.7. The number of benzene rings is 1. The number of hydrogen-bond donors (Lipinski definition) is 0. The summed E-state index contributed by atoms with van der Waals surface area (Å²) in [4.78, 5) is 20.5. The Balaban J connectivity index is 1.70. The normalized spacial score (nSPS) is 15.2. The largest absolute Gasteiger partial charge is 0.343 e. The number of carbonyl (C=O) groups is 1. The summed E-state index contributed by atoms with van der Waals surface area (Å²) in [5.41, 5.74) is -0.0515. The monoisotopic (exact) mass is 340 g/mol. The van der Waals surface area contributed by atoms with Gasteiger partial charge in [-0.25, -0.2) is 9.37 Å². The number of hydrogen-bond acceptors (Lipinski definition) is 5. The van der Waals surface area contributed by atoms with Gasteiger partial charge in [0.15, 0.2) is 0 Å². The Hall–Kier alpha value is -1.73. The molecule has 0 bridgehead atoms. The highest BCUT2D eigenvalue weighted by Crippen LogP contribution is 2.23. The fourth-order valence-corrected chi connectivity index (χ4v) is 3.35. The molecule has 2 heterocycles. The number of carbonyl (C=O) groups excluding carboxylic acids is 1. The van der Waals surface area contributed by atoms with Gasteiger partial charge < -0.3 is 9.80 Å². The van der Waals surface area contributed by atoms with Crippen molar-refractivity contribution in [2.45, 2.75) is 6.92 Å². The number of aryl methyl sites for hydroxylation is 1. The first-order valence-corrected chi connectivity index (χ1v) is 8.00. The maximum atomic E-state index is 13.8. The molecule has 22 heavy (non-hydrogen) atoms. The quantitative estimate of drug-likeness (QED) is 0.843.